The molecule has 1 saturated heterocycles. The van der Waals surface area contributed by atoms with Gasteiger partial charge in [0.25, 0.3) is 11.8 Å². The van der Waals surface area contributed by atoms with Crippen molar-refractivity contribution in [2.75, 3.05) is 39.6 Å². The average molecular weight is 516 g/mol. The summed E-state index contributed by atoms with van der Waals surface area (Å²) in [4.78, 5) is 50.7. The van der Waals surface area contributed by atoms with Gasteiger partial charge in [-0.05, 0) is 25.5 Å². The number of hydrogen-bond donors (Lipinski definition) is 1. The molecule has 2 aliphatic rings. The number of carbonyl (C=O) groups is 4. The van der Waals surface area contributed by atoms with Crippen molar-refractivity contribution in [3.8, 4) is 5.75 Å². The van der Waals surface area contributed by atoms with E-state index in [0.29, 0.717) is 51.9 Å². The number of carbonyl (C=O) groups excluding carboxylic acids is 4. The number of fused-ring (bicyclic) bond motifs is 1. The smallest absolute Gasteiger partial charge is 0.266 e. The van der Waals surface area contributed by atoms with Gasteiger partial charge in [-0.3, -0.25) is 29.4 Å². The van der Waals surface area contributed by atoms with Crippen molar-refractivity contribution >= 4 is 23.6 Å². The molecule has 3 heterocycles. The summed E-state index contributed by atoms with van der Waals surface area (Å²) in [5.41, 5.74) is 0.756. The Balaban J connectivity index is 1.28. The fourth-order valence-corrected chi connectivity index (χ4v) is 4.01. The van der Waals surface area contributed by atoms with Gasteiger partial charge in [-0.1, -0.05) is 11.3 Å². The van der Waals surface area contributed by atoms with Gasteiger partial charge in [-0.15, -0.1) is 5.10 Å². The summed E-state index contributed by atoms with van der Waals surface area (Å²) in [5.74, 6) is -2.11. The van der Waals surface area contributed by atoms with Crippen LogP contribution in [0.15, 0.2) is 24.4 Å². The van der Waals surface area contributed by atoms with E-state index in [2.05, 4.69) is 15.6 Å². The second-order valence-corrected chi connectivity index (χ2v) is 8.31. The van der Waals surface area contributed by atoms with E-state index >= 15 is 0 Å². The van der Waals surface area contributed by atoms with Crippen molar-refractivity contribution in [2.24, 2.45) is 0 Å². The third-order valence-corrected chi connectivity index (χ3v) is 5.80. The van der Waals surface area contributed by atoms with E-state index in [0.717, 1.165) is 4.90 Å². The molecule has 0 bridgehead atoms. The Kier molecular flexibility index (Phi) is 8.93. The maximum absolute atomic E-state index is 13.1. The minimum absolute atomic E-state index is 0.0187. The number of aromatic nitrogens is 3. The molecule has 1 fully saturated rings. The first-order valence-electron chi connectivity index (χ1n) is 12.1. The summed E-state index contributed by atoms with van der Waals surface area (Å²) < 4.78 is 23.5. The number of rotatable bonds is 14. The normalized spacial score (nSPS) is 17.3. The van der Waals surface area contributed by atoms with Gasteiger partial charge >= 0.3 is 0 Å². The zero-order chi connectivity index (χ0) is 26.2. The van der Waals surface area contributed by atoms with Crippen LogP contribution in [0.1, 0.15) is 46.2 Å². The zero-order valence-corrected chi connectivity index (χ0v) is 20.5. The second-order valence-electron chi connectivity index (χ2n) is 8.31. The van der Waals surface area contributed by atoms with Gasteiger partial charge in [0, 0.05) is 13.0 Å². The Morgan fingerprint density at radius 3 is 2.51 bits per heavy atom. The van der Waals surface area contributed by atoms with Crippen LogP contribution in [-0.2, 0) is 37.0 Å². The van der Waals surface area contributed by atoms with Crippen molar-refractivity contribution in [1.82, 2.24) is 25.2 Å². The third kappa shape index (κ3) is 6.37. The lowest BCUT2D eigenvalue weighted by molar-refractivity contribution is -0.136. The Morgan fingerprint density at radius 1 is 1.00 bits per heavy atom. The van der Waals surface area contributed by atoms with Gasteiger partial charge in [0.05, 0.1) is 56.9 Å². The van der Waals surface area contributed by atoms with Crippen LogP contribution in [0.2, 0.25) is 0 Å². The average Bonchev–Trinajstić information content (AvgIpc) is 3.44. The Labute approximate surface area is 213 Å². The summed E-state index contributed by atoms with van der Waals surface area (Å²) in [5, 5.41) is 10.3. The van der Waals surface area contributed by atoms with E-state index in [1.807, 2.05) is 6.92 Å². The molecule has 0 saturated carbocycles. The van der Waals surface area contributed by atoms with Crippen LogP contribution in [0.4, 0.5) is 0 Å². The van der Waals surface area contributed by atoms with E-state index in [4.69, 9.17) is 18.9 Å². The van der Waals surface area contributed by atoms with E-state index < -0.39 is 29.7 Å². The quantitative estimate of drug-likeness (QED) is 0.275. The number of imide groups is 2. The van der Waals surface area contributed by atoms with Crippen molar-refractivity contribution in [3.05, 3.63) is 41.2 Å². The molecule has 1 atom stereocenters. The maximum Gasteiger partial charge on any atom is 0.266 e. The summed E-state index contributed by atoms with van der Waals surface area (Å²) in [7, 11) is 0. The molecule has 1 N–H and O–H groups in total. The molecule has 13 nitrogen and oxygen atoms in total. The standard InChI is InChI=1S/C24H29N5O8/c1-2-34-10-11-36-13-12-35-9-8-28-14-16(26-27-28)15-37-19-5-3-4-17-21(19)24(33)29(23(17)32)18-6-7-20(30)25-22(18)31/h3-5,14,18H,2,6-13,15H2,1H3,(H,25,30,31). The van der Waals surface area contributed by atoms with Crippen LogP contribution in [0.25, 0.3) is 0 Å². The fraction of sp³-hybridized carbons (Fsp3) is 0.500. The van der Waals surface area contributed by atoms with Crippen molar-refractivity contribution in [2.45, 2.75) is 39.0 Å². The predicted molar refractivity (Wildman–Crippen MR) is 126 cm³/mol. The Hall–Kier alpha value is -3.68. The first kappa shape index (κ1) is 26.4. The van der Waals surface area contributed by atoms with Crippen LogP contribution in [-0.4, -0.2) is 89.2 Å². The summed E-state index contributed by atoms with van der Waals surface area (Å²) in [6, 6.07) is 3.64. The summed E-state index contributed by atoms with van der Waals surface area (Å²) in [6.07, 6.45) is 1.84. The number of hydrogen-bond acceptors (Lipinski definition) is 10. The highest BCUT2D eigenvalue weighted by Crippen LogP contribution is 2.33. The maximum atomic E-state index is 13.1. The van der Waals surface area contributed by atoms with Crippen LogP contribution in [0.3, 0.4) is 0 Å². The predicted octanol–water partition coefficient (Wildman–Crippen LogP) is 0.328. The SMILES string of the molecule is CCOCCOCCOCCn1cc(COc2cccc3c2C(=O)N(C2CCC(=O)NC2=O)C3=O)nn1. The van der Waals surface area contributed by atoms with Gasteiger partial charge in [-0.25, -0.2) is 4.68 Å². The number of amides is 4. The highest BCUT2D eigenvalue weighted by atomic mass is 16.5. The largest absolute Gasteiger partial charge is 0.486 e. The fourth-order valence-electron chi connectivity index (χ4n) is 4.01. The van der Waals surface area contributed by atoms with Gasteiger partial charge in [0.15, 0.2) is 0 Å². The Bertz CT molecular complexity index is 1150. The Morgan fingerprint density at radius 2 is 1.76 bits per heavy atom. The van der Waals surface area contributed by atoms with Crippen LogP contribution in [0, 0.1) is 0 Å². The van der Waals surface area contributed by atoms with E-state index in [1.54, 1.807) is 23.0 Å². The molecule has 198 valence electrons. The molecule has 0 spiro atoms. The molecule has 37 heavy (non-hydrogen) atoms. The lowest BCUT2D eigenvalue weighted by atomic mass is 10.0. The molecule has 4 rings (SSSR count). The van der Waals surface area contributed by atoms with Gasteiger partial charge < -0.3 is 18.9 Å². The summed E-state index contributed by atoms with van der Waals surface area (Å²) >= 11 is 0. The molecule has 0 aliphatic carbocycles. The molecule has 2 aliphatic heterocycles. The number of nitrogens with zero attached hydrogens (tertiary/aromatic N) is 4. The van der Waals surface area contributed by atoms with Crippen molar-refractivity contribution in [1.29, 1.82) is 0 Å². The highest BCUT2D eigenvalue weighted by molar-refractivity contribution is 6.24. The molecule has 1 unspecified atom stereocenters. The minimum atomic E-state index is -1.04. The molecular formula is C24H29N5O8. The topological polar surface area (TPSA) is 151 Å². The monoisotopic (exact) mass is 515 g/mol. The van der Waals surface area contributed by atoms with Crippen molar-refractivity contribution in [3.63, 3.8) is 0 Å². The van der Waals surface area contributed by atoms with E-state index in [1.165, 1.54) is 6.07 Å². The van der Waals surface area contributed by atoms with Crippen LogP contribution in [0.5, 0.6) is 5.75 Å². The van der Waals surface area contributed by atoms with Gasteiger partial charge in [0.1, 0.15) is 24.1 Å². The molecular weight excluding hydrogens is 486 g/mol. The lowest BCUT2D eigenvalue weighted by Gasteiger charge is -2.27. The molecule has 1 aromatic heterocycles. The first-order chi connectivity index (χ1) is 18.0. The van der Waals surface area contributed by atoms with Gasteiger partial charge in [0.2, 0.25) is 11.8 Å². The highest BCUT2D eigenvalue weighted by Gasteiger charge is 2.46. The van der Waals surface area contributed by atoms with Gasteiger partial charge in [-0.2, -0.15) is 0 Å². The molecule has 1 aromatic carbocycles. The molecule has 4 amide bonds. The van der Waals surface area contributed by atoms with Crippen molar-refractivity contribution < 1.29 is 38.1 Å². The molecule has 2 aromatic rings. The van der Waals surface area contributed by atoms with Crippen LogP contribution < -0.4 is 10.1 Å². The lowest BCUT2D eigenvalue weighted by Crippen LogP contribution is -2.54. The number of ether oxygens (including phenoxy) is 4. The number of benzene rings is 1. The second kappa shape index (κ2) is 12.5. The minimum Gasteiger partial charge on any atom is -0.486 e. The zero-order valence-electron chi connectivity index (χ0n) is 20.5. The van der Waals surface area contributed by atoms with E-state index in [9.17, 15) is 19.2 Å². The van der Waals surface area contributed by atoms with Crippen LogP contribution >= 0.6 is 0 Å². The summed E-state index contributed by atoms with van der Waals surface area (Å²) in [6.45, 7) is 5.56. The number of piperidine rings is 1. The molecule has 13 heteroatoms. The number of nitrogens with one attached hydrogen (secondary N) is 1. The van der Waals surface area contributed by atoms with E-state index in [-0.39, 0.29) is 36.3 Å². The first-order valence-corrected chi connectivity index (χ1v) is 12.1. The third-order valence-electron chi connectivity index (χ3n) is 5.80. The molecule has 0 radical (unpaired) electrons.